The van der Waals surface area contributed by atoms with E-state index in [1.165, 1.54) is 5.57 Å². The summed E-state index contributed by atoms with van der Waals surface area (Å²) < 4.78 is 4.96. The van der Waals surface area contributed by atoms with Crippen LogP contribution in [0, 0.1) is 5.92 Å². The first-order valence-electron chi connectivity index (χ1n) is 6.63. The number of esters is 1. The van der Waals surface area contributed by atoms with Crippen LogP contribution in [-0.4, -0.2) is 23.9 Å². The van der Waals surface area contributed by atoms with Crippen LogP contribution >= 0.6 is 0 Å². The smallest absolute Gasteiger partial charge is 0.356 e. The molecule has 1 aliphatic carbocycles. The van der Waals surface area contributed by atoms with Gasteiger partial charge in [-0.3, -0.25) is 0 Å². The summed E-state index contributed by atoms with van der Waals surface area (Å²) in [4.78, 5) is 17.2. The fourth-order valence-corrected chi connectivity index (χ4v) is 2.62. The van der Waals surface area contributed by atoms with Gasteiger partial charge in [-0.25, -0.2) is 4.79 Å². The second-order valence-corrected chi connectivity index (χ2v) is 5.36. The molecule has 0 aromatic carbocycles. The molecule has 0 radical (unpaired) electrons. The van der Waals surface area contributed by atoms with Crippen molar-refractivity contribution in [1.29, 1.82) is 0 Å². The minimum Gasteiger partial charge on any atom is -0.461 e. The molecule has 2 rings (SSSR count). The SMILES string of the molecule is CCOC(=O)C1=NOC(C)([C@H]2CC=C(C)CC2)C1. The number of oxime groups is 1. The van der Waals surface area contributed by atoms with E-state index in [-0.39, 0.29) is 11.6 Å². The molecule has 1 unspecified atom stereocenters. The van der Waals surface area contributed by atoms with Gasteiger partial charge in [0.05, 0.1) is 6.61 Å². The maximum atomic E-state index is 11.6. The van der Waals surface area contributed by atoms with Gasteiger partial charge in [0.25, 0.3) is 0 Å². The Balaban J connectivity index is 1.98. The first-order valence-corrected chi connectivity index (χ1v) is 6.63. The predicted molar refractivity (Wildman–Crippen MR) is 69.3 cm³/mol. The summed E-state index contributed by atoms with van der Waals surface area (Å²) in [5, 5.41) is 3.92. The van der Waals surface area contributed by atoms with Crippen molar-refractivity contribution < 1.29 is 14.4 Å². The van der Waals surface area contributed by atoms with Crippen LogP contribution in [-0.2, 0) is 14.4 Å². The zero-order valence-corrected chi connectivity index (χ0v) is 11.4. The molecule has 0 saturated heterocycles. The van der Waals surface area contributed by atoms with Gasteiger partial charge in [0.2, 0.25) is 0 Å². The first-order chi connectivity index (χ1) is 8.55. The van der Waals surface area contributed by atoms with E-state index in [1.54, 1.807) is 6.92 Å². The van der Waals surface area contributed by atoms with Crippen LogP contribution < -0.4 is 0 Å². The molecule has 0 saturated carbocycles. The molecular formula is C14H21NO3. The van der Waals surface area contributed by atoms with E-state index in [2.05, 4.69) is 18.2 Å². The van der Waals surface area contributed by atoms with Crippen LogP contribution in [0.1, 0.15) is 46.5 Å². The Kier molecular flexibility index (Phi) is 3.73. The van der Waals surface area contributed by atoms with Gasteiger partial charge in [-0.1, -0.05) is 16.8 Å². The lowest BCUT2D eigenvalue weighted by molar-refractivity contribution is -0.135. The van der Waals surface area contributed by atoms with E-state index in [4.69, 9.17) is 9.57 Å². The molecule has 0 N–H and O–H groups in total. The number of ether oxygens (including phenoxy) is 1. The lowest BCUT2D eigenvalue weighted by Gasteiger charge is -2.33. The number of rotatable bonds is 3. The number of allylic oxidation sites excluding steroid dienone is 2. The Morgan fingerprint density at radius 1 is 1.67 bits per heavy atom. The quantitative estimate of drug-likeness (QED) is 0.572. The molecule has 0 spiro atoms. The summed E-state index contributed by atoms with van der Waals surface area (Å²) in [5.41, 5.74) is 1.52. The highest BCUT2D eigenvalue weighted by molar-refractivity contribution is 6.36. The van der Waals surface area contributed by atoms with Gasteiger partial charge < -0.3 is 9.57 Å². The Bertz CT molecular complexity index is 400. The molecule has 2 atom stereocenters. The van der Waals surface area contributed by atoms with Crippen LogP contribution in [0.2, 0.25) is 0 Å². The largest absolute Gasteiger partial charge is 0.461 e. The normalized spacial score (nSPS) is 31.4. The molecule has 0 aromatic rings. The fraction of sp³-hybridized carbons (Fsp3) is 0.714. The molecular weight excluding hydrogens is 230 g/mol. The van der Waals surface area contributed by atoms with Gasteiger partial charge in [0.1, 0.15) is 5.60 Å². The first kappa shape index (κ1) is 13.1. The molecule has 0 amide bonds. The van der Waals surface area contributed by atoms with Crippen LogP contribution in [0.3, 0.4) is 0 Å². The topological polar surface area (TPSA) is 47.9 Å². The standard InChI is InChI=1S/C14H21NO3/c1-4-17-13(16)12-9-14(3,18-15-12)11-7-5-10(2)6-8-11/h5,11H,4,6-9H2,1-3H3/t11-,14?/m0/s1. The third-order valence-electron chi connectivity index (χ3n) is 3.90. The second-order valence-electron chi connectivity index (χ2n) is 5.36. The van der Waals surface area contributed by atoms with Gasteiger partial charge >= 0.3 is 5.97 Å². The minimum absolute atomic E-state index is 0.344. The van der Waals surface area contributed by atoms with Crippen molar-refractivity contribution in [3.8, 4) is 0 Å². The summed E-state index contributed by atoms with van der Waals surface area (Å²) in [7, 11) is 0. The molecule has 100 valence electrons. The summed E-state index contributed by atoms with van der Waals surface area (Å²) in [6.45, 7) is 6.37. The zero-order chi connectivity index (χ0) is 13.2. The van der Waals surface area contributed by atoms with Crippen LogP contribution in [0.25, 0.3) is 0 Å². The lowest BCUT2D eigenvalue weighted by Crippen LogP contribution is -2.36. The number of hydrogen-bond donors (Lipinski definition) is 0. The van der Waals surface area contributed by atoms with E-state index in [1.807, 2.05) is 6.92 Å². The summed E-state index contributed by atoms with van der Waals surface area (Å²) >= 11 is 0. The summed E-state index contributed by atoms with van der Waals surface area (Å²) in [6, 6.07) is 0. The van der Waals surface area contributed by atoms with Gasteiger partial charge in [-0.15, -0.1) is 0 Å². The third-order valence-corrected chi connectivity index (χ3v) is 3.90. The fourth-order valence-electron chi connectivity index (χ4n) is 2.62. The van der Waals surface area contributed by atoms with Gasteiger partial charge in [-0.05, 0) is 40.0 Å². The monoisotopic (exact) mass is 251 g/mol. The van der Waals surface area contributed by atoms with Crippen LogP contribution in [0.4, 0.5) is 0 Å². The van der Waals surface area contributed by atoms with E-state index in [9.17, 15) is 4.79 Å². The lowest BCUT2D eigenvalue weighted by atomic mass is 9.76. The maximum absolute atomic E-state index is 11.6. The Hall–Kier alpha value is -1.32. The van der Waals surface area contributed by atoms with E-state index in [0.717, 1.165) is 19.3 Å². The van der Waals surface area contributed by atoms with Gasteiger partial charge in [-0.2, -0.15) is 0 Å². The average molecular weight is 251 g/mol. The summed E-state index contributed by atoms with van der Waals surface area (Å²) in [5.74, 6) is 0.0839. The molecule has 2 aliphatic rings. The number of carbonyl (C=O) groups is 1. The number of nitrogens with zero attached hydrogens (tertiary/aromatic N) is 1. The Morgan fingerprint density at radius 3 is 3.06 bits per heavy atom. The highest BCUT2D eigenvalue weighted by Crippen LogP contribution is 2.39. The number of carbonyl (C=O) groups excluding carboxylic acids is 1. The van der Waals surface area contributed by atoms with Gasteiger partial charge in [0, 0.05) is 12.3 Å². The minimum atomic E-state index is -0.348. The van der Waals surface area contributed by atoms with Gasteiger partial charge in [0.15, 0.2) is 5.71 Å². The van der Waals surface area contributed by atoms with Crippen molar-refractivity contribution in [1.82, 2.24) is 0 Å². The highest BCUT2D eigenvalue weighted by Gasteiger charge is 2.44. The maximum Gasteiger partial charge on any atom is 0.356 e. The molecule has 1 aliphatic heterocycles. The van der Waals surface area contributed by atoms with Crippen LogP contribution in [0.15, 0.2) is 16.8 Å². The summed E-state index contributed by atoms with van der Waals surface area (Å²) in [6.07, 6.45) is 6.05. The van der Waals surface area contributed by atoms with Crippen molar-refractivity contribution >= 4 is 11.7 Å². The van der Waals surface area contributed by atoms with Crippen molar-refractivity contribution in [3.05, 3.63) is 11.6 Å². The molecule has 0 fully saturated rings. The van der Waals surface area contributed by atoms with Crippen molar-refractivity contribution in [2.75, 3.05) is 6.61 Å². The Labute approximate surface area is 108 Å². The van der Waals surface area contributed by atoms with Crippen molar-refractivity contribution in [2.24, 2.45) is 11.1 Å². The number of hydrogen-bond acceptors (Lipinski definition) is 4. The van der Waals surface area contributed by atoms with E-state index in [0.29, 0.717) is 24.7 Å². The van der Waals surface area contributed by atoms with Crippen molar-refractivity contribution in [2.45, 2.75) is 52.1 Å². The molecule has 4 heteroatoms. The molecule has 18 heavy (non-hydrogen) atoms. The van der Waals surface area contributed by atoms with E-state index < -0.39 is 0 Å². The second kappa shape index (κ2) is 5.12. The molecule has 4 nitrogen and oxygen atoms in total. The Morgan fingerprint density at radius 2 is 2.44 bits per heavy atom. The zero-order valence-electron chi connectivity index (χ0n) is 11.4. The third kappa shape index (κ3) is 2.57. The van der Waals surface area contributed by atoms with Crippen molar-refractivity contribution in [3.63, 3.8) is 0 Å². The highest BCUT2D eigenvalue weighted by atomic mass is 16.7. The average Bonchev–Trinajstić information content (AvgIpc) is 2.74. The van der Waals surface area contributed by atoms with Crippen LogP contribution in [0.5, 0.6) is 0 Å². The van der Waals surface area contributed by atoms with E-state index >= 15 is 0 Å². The molecule has 1 heterocycles. The predicted octanol–water partition coefficient (Wildman–Crippen LogP) is 2.83. The molecule has 0 bridgehead atoms. The molecule has 0 aromatic heterocycles.